The summed E-state index contributed by atoms with van der Waals surface area (Å²) in [7, 11) is 0. The van der Waals surface area contributed by atoms with E-state index >= 15 is 0 Å². The highest BCUT2D eigenvalue weighted by Gasteiger charge is 2.17. The minimum Gasteiger partial charge on any atom is -0.456 e. The van der Waals surface area contributed by atoms with E-state index in [0.717, 1.165) is 43.9 Å². The molecule has 0 aliphatic carbocycles. The van der Waals surface area contributed by atoms with Gasteiger partial charge in [0.1, 0.15) is 22.3 Å². The zero-order chi connectivity index (χ0) is 22.5. The summed E-state index contributed by atoms with van der Waals surface area (Å²) in [5.74, 6) is 0. The van der Waals surface area contributed by atoms with E-state index in [0.29, 0.717) is 0 Å². The Balaban J connectivity index is 1.52. The van der Waals surface area contributed by atoms with Crippen LogP contribution in [0.4, 0.5) is 0 Å². The molecule has 0 atom stereocenters. The molecule has 160 valence electrons. The molecule has 0 spiro atoms. The van der Waals surface area contributed by atoms with Crippen LogP contribution in [0, 0.1) is 6.92 Å². The van der Waals surface area contributed by atoms with Gasteiger partial charge in [-0.25, -0.2) is 0 Å². The van der Waals surface area contributed by atoms with Gasteiger partial charge in [-0.05, 0) is 75.8 Å². The monoisotopic (exact) mass is 428 g/mol. The quantitative estimate of drug-likeness (QED) is 0.240. The van der Waals surface area contributed by atoms with Gasteiger partial charge in [0.2, 0.25) is 0 Å². The highest BCUT2D eigenvalue weighted by Crippen LogP contribution is 2.39. The Morgan fingerprint density at radius 2 is 0.970 bits per heavy atom. The Labute approximate surface area is 191 Å². The molecule has 0 saturated heterocycles. The van der Waals surface area contributed by atoms with Crippen molar-refractivity contribution in [3.05, 3.63) is 83.9 Å². The summed E-state index contributed by atoms with van der Waals surface area (Å²) in [6.07, 6.45) is 0. The van der Waals surface area contributed by atoms with Crippen molar-refractivity contribution in [3.63, 3.8) is 0 Å². The molecule has 0 N–H and O–H groups in total. The number of aryl methyl sites for hydroxylation is 1. The third-order valence-corrected chi connectivity index (χ3v) is 7.00. The third-order valence-electron chi connectivity index (χ3n) is 7.00. The van der Waals surface area contributed by atoms with Crippen LogP contribution in [-0.4, -0.2) is 0 Å². The average Bonchev–Trinajstić information content (AvgIpc) is 3.29. The second kappa shape index (κ2) is 6.17. The van der Waals surface area contributed by atoms with Crippen molar-refractivity contribution in [3.8, 4) is 0 Å². The first-order valence-corrected chi connectivity index (χ1v) is 11.5. The highest BCUT2D eigenvalue weighted by molar-refractivity contribution is 6.18. The maximum atomic E-state index is 6.35. The van der Waals surface area contributed by atoms with Gasteiger partial charge in [0.05, 0.1) is 0 Å². The molecule has 0 unspecified atom stereocenters. The van der Waals surface area contributed by atoms with E-state index in [1.54, 1.807) is 0 Å². The molecule has 0 aliphatic heterocycles. The molecule has 5 aromatic carbocycles. The lowest BCUT2D eigenvalue weighted by atomic mass is 9.86. The van der Waals surface area contributed by atoms with E-state index < -0.39 is 0 Å². The van der Waals surface area contributed by atoms with E-state index in [-0.39, 0.29) is 5.41 Å². The summed E-state index contributed by atoms with van der Waals surface area (Å²) in [5, 5.41) is 9.32. The third kappa shape index (κ3) is 2.74. The maximum Gasteiger partial charge on any atom is 0.136 e. The van der Waals surface area contributed by atoms with Gasteiger partial charge in [0, 0.05) is 21.5 Å². The van der Waals surface area contributed by atoms with Gasteiger partial charge in [-0.2, -0.15) is 0 Å². The molecule has 33 heavy (non-hydrogen) atoms. The average molecular weight is 429 g/mol. The van der Waals surface area contributed by atoms with E-state index in [1.807, 2.05) is 0 Å². The molecule has 0 aliphatic rings. The molecule has 2 heteroatoms. The number of hydrogen-bond acceptors (Lipinski definition) is 2. The molecular weight excluding hydrogens is 404 g/mol. The normalized spacial score (nSPS) is 12.8. The van der Waals surface area contributed by atoms with Crippen molar-refractivity contribution in [1.29, 1.82) is 0 Å². The molecular formula is C31H24O2. The van der Waals surface area contributed by atoms with Crippen molar-refractivity contribution in [2.45, 2.75) is 33.1 Å². The summed E-state index contributed by atoms with van der Waals surface area (Å²) in [4.78, 5) is 0. The lowest BCUT2D eigenvalue weighted by molar-refractivity contribution is 0.591. The van der Waals surface area contributed by atoms with Gasteiger partial charge in [0.15, 0.2) is 0 Å². The van der Waals surface area contributed by atoms with Crippen LogP contribution in [0.5, 0.6) is 0 Å². The number of rotatable bonds is 0. The van der Waals surface area contributed by atoms with Gasteiger partial charge in [-0.3, -0.25) is 0 Å². The standard InChI is InChI=1S/C31H24O2/c1-17-5-6-18-13-27-23(11-20(18)9-17)25-15-30-26(16-29(25)32-27)24-12-21-10-22(31(2,3)4)8-7-19(21)14-28(24)33-30/h5-16H,1-4H3. The Morgan fingerprint density at radius 3 is 1.55 bits per heavy atom. The lowest BCUT2D eigenvalue weighted by Gasteiger charge is -2.19. The first-order chi connectivity index (χ1) is 15.8. The molecule has 7 rings (SSSR count). The summed E-state index contributed by atoms with van der Waals surface area (Å²) in [6.45, 7) is 8.89. The van der Waals surface area contributed by atoms with Crippen LogP contribution >= 0.6 is 0 Å². The second-order valence-electron chi connectivity index (χ2n) is 10.4. The molecule has 0 saturated carbocycles. The lowest BCUT2D eigenvalue weighted by Crippen LogP contribution is -2.10. The topological polar surface area (TPSA) is 26.3 Å². The Hall–Kier alpha value is -3.78. The fraction of sp³-hybridized carbons (Fsp3) is 0.161. The number of fused-ring (bicyclic) bond motifs is 8. The number of benzene rings is 5. The fourth-order valence-corrected chi connectivity index (χ4v) is 5.12. The van der Waals surface area contributed by atoms with E-state index in [9.17, 15) is 0 Å². The molecule has 0 fully saturated rings. The van der Waals surface area contributed by atoms with Gasteiger partial charge < -0.3 is 8.83 Å². The van der Waals surface area contributed by atoms with Gasteiger partial charge >= 0.3 is 0 Å². The van der Waals surface area contributed by atoms with Gasteiger partial charge in [-0.15, -0.1) is 0 Å². The van der Waals surface area contributed by atoms with Crippen LogP contribution in [0.3, 0.4) is 0 Å². The summed E-state index contributed by atoms with van der Waals surface area (Å²) < 4.78 is 12.7. The number of furan rings is 2. The smallest absolute Gasteiger partial charge is 0.136 e. The van der Waals surface area contributed by atoms with Crippen molar-refractivity contribution in [2.75, 3.05) is 0 Å². The van der Waals surface area contributed by atoms with Crippen LogP contribution in [0.25, 0.3) is 65.4 Å². The van der Waals surface area contributed by atoms with Crippen molar-refractivity contribution < 1.29 is 8.83 Å². The van der Waals surface area contributed by atoms with Crippen LogP contribution < -0.4 is 0 Å². The number of hydrogen-bond donors (Lipinski definition) is 0. The van der Waals surface area contributed by atoms with E-state index in [4.69, 9.17) is 8.83 Å². The first kappa shape index (κ1) is 18.8. The SMILES string of the molecule is Cc1ccc2cc3oc4cc5c(cc4c3cc2c1)oc1cc2ccc(C(C)(C)C)cc2cc15. The first-order valence-electron chi connectivity index (χ1n) is 11.5. The molecule has 0 radical (unpaired) electrons. The predicted octanol–water partition coefficient (Wildman–Crippen LogP) is 9.40. The van der Waals surface area contributed by atoms with Crippen molar-refractivity contribution in [2.24, 2.45) is 0 Å². The van der Waals surface area contributed by atoms with Crippen molar-refractivity contribution >= 4 is 65.4 Å². The van der Waals surface area contributed by atoms with Gasteiger partial charge in [0.25, 0.3) is 0 Å². The predicted molar refractivity (Wildman–Crippen MR) is 139 cm³/mol. The Morgan fingerprint density at radius 1 is 0.485 bits per heavy atom. The van der Waals surface area contributed by atoms with Crippen LogP contribution in [0.1, 0.15) is 31.9 Å². The fourth-order valence-electron chi connectivity index (χ4n) is 5.12. The molecule has 7 aromatic rings. The summed E-state index contributed by atoms with van der Waals surface area (Å²) >= 11 is 0. The van der Waals surface area contributed by atoms with Crippen LogP contribution in [-0.2, 0) is 5.41 Å². The minimum absolute atomic E-state index is 0.115. The maximum absolute atomic E-state index is 6.35. The van der Waals surface area contributed by atoms with Crippen molar-refractivity contribution in [1.82, 2.24) is 0 Å². The van der Waals surface area contributed by atoms with Gasteiger partial charge in [-0.1, -0.05) is 62.7 Å². The van der Waals surface area contributed by atoms with E-state index in [1.165, 1.54) is 32.7 Å². The van der Waals surface area contributed by atoms with Crippen LogP contribution in [0.15, 0.2) is 81.6 Å². The Kier molecular flexibility index (Phi) is 3.51. The zero-order valence-corrected chi connectivity index (χ0v) is 19.2. The molecule has 0 amide bonds. The van der Waals surface area contributed by atoms with E-state index in [2.05, 4.69) is 100 Å². The molecule has 2 nitrogen and oxygen atoms in total. The summed E-state index contributed by atoms with van der Waals surface area (Å²) in [6, 6.07) is 26.4. The largest absolute Gasteiger partial charge is 0.456 e. The molecule has 0 bridgehead atoms. The zero-order valence-electron chi connectivity index (χ0n) is 19.2. The summed E-state index contributed by atoms with van der Waals surface area (Å²) in [5.41, 5.74) is 6.34. The van der Waals surface area contributed by atoms with Crippen LogP contribution in [0.2, 0.25) is 0 Å². The molecule has 2 aromatic heterocycles. The molecule has 2 heterocycles. The second-order valence-corrected chi connectivity index (χ2v) is 10.4. The highest BCUT2D eigenvalue weighted by atomic mass is 16.3. The minimum atomic E-state index is 0.115. The Bertz CT molecular complexity index is 1910.